The van der Waals surface area contributed by atoms with E-state index in [9.17, 15) is 67.7 Å². The third kappa shape index (κ3) is 30.7. The molecule has 0 aliphatic carbocycles. The van der Waals surface area contributed by atoms with Gasteiger partial charge in [0.15, 0.2) is 11.7 Å². The van der Waals surface area contributed by atoms with Crippen molar-refractivity contribution in [2.75, 3.05) is 112 Å². The highest BCUT2D eigenvalue weighted by Gasteiger charge is 2.36. The van der Waals surface area contributed by atoms with E-state index in [4.69, 9.17) is 20.9 Å². The van der Waals surface area contributed by atoms with Gasteiger partial charge in [0, 0.05) is 116 Å². The van der Waals surface area contributed by atoms with Gasteiger partial charge in [0.2, 0.25) is 41.4 Å². The Morgan fingerprint density at radius 2 is 1.27 bits per heavy atom. The summed E-state index contributed by atoms with van der Waals surface area (Å²) in [6, 6.07) is 27.9. The minimum Gasteiger partial charge on any atom is -0.507 e. The Hall–Kier alpha value is -10.2. The van der Waals surface area contributed by atoms with Gasteiger partial charge >= 0.3 is 5.97 Å². The van der Waals surface area contributed by atoms with Crippen LogP contribution < -0.4 is 48.7 Å². The molecule has 5 aromatic rings. The number of aryl methyl sites for hydroxylation is 2. The molecule has 0 radical (unpaired) electrons. The van der Waals surface area contributed by atoms with Gasteiger partial charge in [-0.2, -0.15) is 0 Å². The second kappa shape index (κ2) is 46.4. The fourth-order valence-electron chi connectivity index (χ4n) is 13.0. The molecule has 0 unspecified atom stereocenters. The van der Waals surface area contributed by atoms with Gasteiger partial charge in [-0.25, -0.2) is 0 Å². The Kier molecular flexibility index (Phi) is 36.7. The Bertz CT molecular complexity index is 3940. The number of guanidine groups is 1. The monoisotopic (exact) mass is 1630 g/mol. The van der Waals surface area contributed by atoms with Crippen LogP contribution in [-0.4, -0.2) is 249 Å². The number of carboxylic acids is 1. The summed E-state index contributed by atoms with van der Waals surface area (Å²) in [5, 5.41) is 42.0. The quantitative estimate of drug-likeness (QED) is 0.00898. The minimum atomic E-state index is -1.30. The molecule has 0 aromatic heterocycles. The van der Waals surface area contributed by atoms with Crippen molar-refractivity contribution in [3.05, 3.63) is 146 Å². The number of nitrogens with two attached hydrogens (primary N) is 2. The number of aromatic hydroxyl groups is 1. The number of ketones is 1. The lowest BCUT2D eigenvalue weighted by molar-refractivity contribution is -0.142. The SMILES string of the molecule is Cc1ccc(CCCC(=O)NCCCC[C@H](NC(=O)CN2CCN(COC=O)CCN(COC=O)CCN(CC(=O)O)CC2)C(=O)NCc2ccc(C(=O)NCCC[C@@H]3C(=O)N[C@@H](CCCN=C(N)N)C(=O)C[C@@H](Cc4ccc5ccccc5c4)C(=O)NCC(=O)N[C@H](Cc4ccc(O)c(I)c4)C(=O)N3C)cc2)cc1. The molecular formula is C78H104IN15O16. The zero-order chi connectivity index (χ0) is 79.3. The van der Waals surface area contributed by atoms with E-state index < -0.39 is 89.7 Å². The molecule has 32 heteroatoms. The molecule has 5 atom stereocenters. The molecule has 13 N–H and O–H groups in total. The maximum absolute atomic E-state index is 14.9. The number of phenolic OH excluding ortho intramolecular Hbond substituents is 1. The lowest BCUT2D eigenvalue weighted by atomic mass is 9.89. The van der Waals surface area contributed by atoms with Crippen molar-refractivity contribution in [2.45, 2.75) is 121 Å². The van der Waals surface area contributed by atoms with E-state index >= 15 is 0 Å². The maximum atomic E-state index is 14.9. The molecule has 2 aliphatic heterocycles. The Morgan fingerprint density at radius 1 is 0.655 bits per heavy atom. The summed E-state index contributed by atoms with van der Waals surface area (Å²) in [5.74, 6) is -7.03. The number of amides is 8. The van der Waals surface area contributed by atoms with E-state index in [0.29, 0.717) is 86.0 Å². The van der Waals surface area contributed by atoms with Crippen LogP contribution in [0.1, 0.15) is 102 Å². The Balaban J connectivity index is 1.03. The molecule has 110 heavy (non-hydrogen) atoms. The number of ether oxygens (including phenoxy) is 2. The number of benzene rings is 5. The molecule has 8 amide bonds. The molecule has 0 bridgehead atoms. The number of halogens is 1. The van der Waals surface area contributed by atoms with E-state index in [1.807, 2.05) is 111 Å². The van der Waals surface area contributed by atoms with Crippen LogP contribution in [0.3, 0.4) is 0 Å². The smallest absolute Gasteiger partial charge is 0.317 e. The number of carbonyl (C=O) groups excluding carboxylic acids is 11. The number of aliphatic imine (C=N–C) groups is 1. The molecule has 2 saturated heterocycles. The van der Waals surface area contributed by atoms with Gasteiger partial charge in [-0.3, -0.25) is 82.1 Å². The first-order valence-electron chi connectivity index (χ1n) is 37.1. The van der Waals surface area contributed by atoms with Crippen LogP contribution in [0.4, 0.5) is 0 Å². The molecule has 31 nitrogen and oxygen atoms in total. The summed E-state index contributed by atoms with van der Waals surface area (Å²) in [6.45, 7) is 4.43. The highest BCUT2D eigenvalue weighted by Crippen LogP contribution is 2.24. The molecule has 594 valence electrons. The highest BCUT2D eigenvalue weighted by molar-refractivity contribution is 14.1. The van der Waals surface area contributed by atoms with Crippen molar-refractivity contribution in [2.24, 2.45) is 22.4 Å². The molecule has 7 rings (SSSR count). The summed E-state index contributed by atoms with van der Waals surface area (Å²) >= 11 is 1.94. The number of nitrogens with one attached hydrogen (secondary N) is 7. The third-order valence-electron chi connectivity index (χ3n) is 19.2. The first kappa shape index (κ1) is 87.1. The average Bonchev–Trinajstić information content (AvgIpc) is 1.26. The average molecular weight is 1630 g/mol. The second-order valence-electron chi connectivity index (χ2n) is 27.6. The fourth-order valence-corrected chi connectivity index (χ4v) is 13.5. The summed E-state index contributed by atoms with van der Waals surface area (Å²) in [5.41, 5.74) is 15.7. The minimum absolute atomic E-state index is 0.000657. The van der Waals surface area contributed by atoms with Gasteiger partial charge in [0.05, 0.1) is 29.2 Å². The number of carboxylic acid groups (broad SMARTS) is 1. The normalized spacial score (nSPS) is 18.1. The van der Waals surface area contributed by atoms with Gasteiger partial charge in [-0.1, -0.05) is 90.5 Å². The predicted molar refractivity (Wildman–Crippen MR) is 419 cm³/mol. The van der Waals surface area contributed by atoms with Crippen molar-refractivity contribution in [1.82, 2.24) is 61.7 Å². The number of nitrogens with zero attached hydrogens (tertiary/aromatic N) is 6. The highest BCUT2D eigenvalue weighted by atomic mass is 127. The zero-order valence-electron chi connectivity index (χ0n) is 62.5. The number of rotatable bonds is 36. The number of likely N-dealkylation sites (N-methyl/N-ethyl adjacent to an activating group) is 1. The van der Waals surface area contributed by atoms with Crippen LogP contribution in [0.15, 0.2) is 114 Å². The first-order chi connectivity index (χ1) is 52.9. The number of hydrogen-bond donors (Lipinski definition) is 11. The van der Waals surface area contributed by atoms with E-state index in [1.165, 1.54) is 18.0 Å². The number of carbonyl (C=O) groups is 12. The van der Waals surface area contributed by atoms with Crippen molar-refractivity contribution in [1.29, 1.82) is 0 Å². The van der Waals surface area contributed by atoms with Crippen molar-refractivity contribution < 1.29 is 77.2 Å². The number of fused-ring (bicyclic) bond motifs is 1. The number of unbranched alkanes of at least 4 members (excludes halogenated alkanes) is 1. The molecule has 0 spiro atoms. The van der Waals surface area contributed by atoms with E-state index in [-0.39, 0.29) is 147 Å². The number of Topliss-reactive ketones (excluding diaryl/α,β-unsaturated/α-hetero) is 1. The van der Waals surface area contributed by atoms with Gasteiger partial charge in [0.1, 0.15) is 37.3 Å². The van der Waals surface area contributed by atoms with Crippen LogP contribution in [0.25, 0.3) is 10.8 Å². The standard InChI is InChI=1S/C78H104IN15O16/c1-53-17-19-54(20-18-53)10-7-16-69(99)82-29-6-5-13-64(87-71(101)47-91-32-33-92(48-72(102)103)35-37-94(50-110-52-96)39-38-93(36-34-91)49-109-51-95)75(106)85-45-55-21-26-59(27-22-55)73(104)83-30-9-15-66-76(107)89-63(14-8-31-84-78(80)81)68(98)44-61(41-56-23-25-58-11-3-4-12-60(58)40-56)74(105)86-46-70(100)88-65(77(108)90(66)2)43-57-24-28-67(97)62(79)42-57/h3-4,11-12,17-28,40,42,51-52,61,63-66,97H,5-10,13-16,29-39,41,43-50H2,1-2H3,(H,82,99)(H,83,104)(H,85,106)(H,86,105)(H,87,101)(H,88,100)(H,89,107)(H,102,103)(H4,80,81,84)/t61-,63+,64+,65-,66-/m1/s1. The largest absolute Gasteiger partial charge is 0.507 e. The van der Waals surface area contributed by atoms with E-state index in [0.717, 1.165) is 33.9 Å². The molecule has 2 aliphatic rings. The topological polar surface area (TPSA) is 429 Å². The Labute approximate surface area is 654 Å². The van der Waals surface area contributed by atoms with Gasteiger partial charge < -0.3 is 73.3 Å². The number of phenols is 1. The molecule has 0 saturated carbocycles. The van der Waals surface area contributed by atoms with Crippen LogP contribution in [0.2, 0.25) is 0 Å². The molecule has 5 aromatic carbocycles. The summed E-state index contributed by atoms with van der Waals surface area (Å²) in [4.78, 5) is 174. The van der Waals surface area contributed by atoms with Crippen LogP contribution in [0.5, 0.6) is 5.75 Å². The van der Waals surface area contributed by atoms with Crippen LogP contribution in [0, 0.1) is 16.4 Å². The lowest BCUT2D eigenvalue weighted by Crippen LogP contribution is -2.57. The summed E-state index contributed by atoms with van der Waals surface area (Å²) < 4.78 is 10.6. The summed E-state index contributed by atoms with van der Waals surface area (Å²) in [6.07, 6.45) is 2.91. The van der Waals surface area contributed by atoms with Gasteiger partial charge in [-0.15, -0.1) is 0 Å². The predicted octanol–water partition coefficient (Wildman–Crippen LogP) is 1.99. The lowest BCUT2D eigenvalue weighted by Gasteiger charge is -2.33. The summed E-state index contributed by atoms with van der Waals surface area (Å²) in [7, 11) is 1.40. The molecular weight excluding hydrogens is 1530 g/mol. The van der Waals surface area contributed by atoms with Crippen molar-refractivity contribution in [3.63, 3.8) is 0 Å². The third-order valence-corrected chi connectivity index (χ3v) is 20.1. The van der Waals surface area contributed by atoms with Crippen molar-refractivity contribution >= 4 is 111 Å². The molecule has 2 heterocycles. The zero-order valence-corrected chi connectivity index (χ0v) is 64.6. The Morgan fingerprint density at radius 3 is 1.93 bits per heavy atom. The first-order valence-corrected chi connectivity index (χ1v) is 38.2. The van der Waals surface area contributed by atoms with E-state index in [1.54, 1.807) is 41.3 Å². The van der Waals surface area contributed by atoms with Crippen LogP contribution in [-0.2, 0) is 88.0 Å². The fraction of sp³-hybridized carbons (Fsp3) is 0.474. The van der Waals surface area contributed by atoms with E-state index in [2.05, 4.69) is 42.2 Å². The second-order valence-corrected chi connectivity index (χ2v) is 28.8. The van der Waals surface area contributed by atoms with Gasteiger partial charge in [-0.05, 0) is 151 Å². The van der Waals surface area contributed by atoms with Gasteiger partial charge in [0.25, 0.3) is 18.9 Å². The van der Waals surface area contributed by atoms with Crippen molar-refractivity contribution in [3.8, 4) is 5.75 Å². The number of hydrogen-bond acceptors (Lipinski definition) is 20. The van der Waals surface area contributed by atoms with Crippen LogP contribution >= 0.6 is 22.6 Å². The maximum Gasteiger partial charge on any atom is 0.317 e. The molecule has 2 fully saturated rings. The number of aliphatic carboxylic acids is 1.